The zero-order valence-electron chi connectivity index (χ0n) is 15.3. The highest BCUT2D eigenvalue weighted by Crippen LogP contribution is 2.38. The summed E-state index contributed by atoms with van der Waals surface area (Å²) in [6.07, 6.45) is 3.49. The number of nitrogens with one attached hydrogen (secondary N) is 1. The third-order valence-electron chi connectivity index (χ3n) is 4.89. The number of pyridine rings is 1. The SMILES string of the molecule is CN1C(=O)CC(C(=O)Nc2nc(-c3ccc(Cl)cc3Cl)cs2)C1c1cccnc1. The van der Waals surface area contributed by atoms with E-state index in [-0.39, 0.29) is 24.3 Å². The molecule has 1 aliphatic rings. The van der Waals surface area contributed by atoms with Gasteiger partial charge in [-0.3, -0.25) is 14.6 Å². The van der Waals surface area contributed by atoms with Crippen LogP contribution in [0.25, 0.3) is 11.3 Å². The number of aromatic nitrogens is 2. The van der Waals surface area contributed by atoms with Crippen molar-refractivity contribution in [1.29, 1.82) is 0 Å². The van der Waals surface area contributed by atoms with Crippen molar-refractivity contribution in [2.24, 2.45) is 5.92 Å². The Bertz CT molecular complexity index is 1070. The fourth-order valence-corrected chi connectivity index (χ4v) is 4.68. The topological polar surface area (TPSA) is 75.2 Å². The van der Waals surface area contributed by atoms with Gasteiger partial charge in [-0.15, -0.1) is 11.3 Å². The Balaban J connectivity index is 1.55. The highest BCUT2D eigenvalue weighted by atomic mass is 35.5. The number of nitrogens with zero attached hydrogens (tertiary/aromatic N) is 3. The molecular weight excluding hydrogens is 431 g/mol. The van der Waals surface area contributed by atoms with Crippen molar-refractivity contribution < 1.29 is 9.59 Å². The Labute approximate surface area is 181 Å². The van der Waals surface area contributed by atoms with Crippen molar-refractivity contribution in [2.75, 3.05) is 12.4 Å². The lowest BCUT2D eigenvalue weighted by Gasteiger charge is -2.24. The van der Waals surface area contributed by atoms with Crippen LogP contribution in [0.2, 0.25) is 10.0 Å². The second-order valence-electron chi connectivity index (χ2n) is 6.70. The summed E-state index contributed by atoms with van der Waals surface area (Å²) in [6.45, 7) is 0. The average molecular weight is 447 g/mol. The van der Waals surface area contributed by atoms with Crippen LogP contribution in [0, 0.1) is 5.92 Å². The average Bonchev–Trinajstić information content (AvgIpc) is 3.27. The van der Waals surface area contributed by atoms with Crippen LogP contribution in [-0.4, -0.2) is 33.7 Å². The van der Waals surface area contributed by atoms with Gasteiger partial charge in [0.2, 0.25) is 11.8 Å². The molecule has 6 nitrogen and oxygen atoms in total. The lowest BCUT2D eigenvalue weighted by Crippen LogP contribution is -2.30. The Morgan fingerprint density at radius 2 is 2.14 bits per heavy atom. The van der Waals surface area contributed by atoms with E-state index < -0.39 is 5.92 Å². The molecule has 3 aromatic rings. The number of rotatable bonds is 4. The summed E-state index contributed by atoms with van der Waals surface area (Å²) >= 11 is 13.5. The molecule has 1 fully saturated rings. The normalized spacial score (nSPS) is 18.9. The number of anilines is 1. The second kappa shape index (κ2) is 8.10. The summed E-state index contributed by atoms with van der Waals surface area (Å²) < 4.78 is 0. The predicted octanol–water partition coefficient (Wildman–Crippen LogP) is 4.67. The molecule has 1 aromatic carbocycles. The summed E-state index contributed by atoms with van der Waals surface area (Å²) in [5.74, 6) is -0.852. The molecule has 0 spiro atoms. The molecule has 1 aliphatic heterocycles. The number of hydrogen-bond acceptors (Lipinski definition) is 5. The van der Waals surface area contributed by atoms with Gasteiger partial charge in [0.15, 0.2) is 5.13 Å². The van der Waals surface area contributed by atoms with Gasteiger partial charge in [0.25, 0.3) is 0 Å². The van der Waals surface area contributed by atoms with Crippen LogP contribution in [0.1, 0.15) is 18.0 Å². The van der Waals surface area contributed by atoms with E-state index in [0.29, 0.717) is 20.9 Å². The zero-order valence-corrected chi connectivity index (χ0v) is 17.6. The Morgan fingerprint density at radius 1 is 1.31 bits per heavy atom. The van der Waals surface area contributed by atoms with Gasteiger partial charge in [-0.1, -0.05) is 29.3 Å². The van der Waals surface area contributed by atoms with Gasteiger partial charge >= 0.3 is 0 Å². The number of amides is 2. The van der Waals surface area contributed by atoms with Gasteiger partial charge in [-0.2, -0.15) is 0 Å². The predicted molar refractivity (Wildman–Crippen MR) is 114 cm³/mol. The van der Waals surface area contributed by atoms with Gasteiger partial charge in [-0.05, 0) is 29.8 Å². The zero-order chi connectivity index (χ0) is 20.5. The molecule has 0 radical (unpaired) electrons. The molecule has 2 amide bonds. The van der Waals surface area contributed by atoms with Crippen molar-refractivity contribution in [3.63, 3.8) is 0 Å². The molecule has 0 bridgehead atoms. The highest BCUT2D eigenvalue weighted by Gasteiger charge is 2.43. The number of carbonyl (C=O) groups is 2. The molecule has 9 heteroatoms. The molecule has 0 saturated carbocycles. The van der Waals surface area contributed by atoms with Crippen LogP contribution in [0.3, 0.4) is 0 Å². The summed E-state index contributed by atoms with van der Waals surface area (Å²) in [4.78, 5) is 35.4. The molecule has 3 heterocycles. The standard InChI is InChI=1S/C20H16Cl2N4O2S/c1-26-17(27)8-14(18(26)11-3-2-6-23-9-11)19(28)25-20-24-16(10-29-20)13-5-4-12(21)7-15(13)22/h2-7,9-10,14,18H,8H2,1H3,(H,24,25,28). The molecule has 148 valence electrons. The second-order valence-corrected chi connectivity index (χ2v) is 8.40. The molecule has 1 saturated heterocycles. The number of benzene rings is 1. The van der Waals surface area contributed by atoms with E-state index in [9.17, 15) is 9.59 Å². The first-order chi connectivity index (χ1) is 13.9. The van der Waals surface area contributed by atoms with E-state index in [4.69, 9.17) is 23.2 Å². The highest BCUT2D eigenvalue weighted by molar-refractivity contribution is 7.14. The maximum Gasteiger partial charge on any atom is 0.232 e. The number of carbonyl (C=O) groups excluding carboxylic acids is 2. The minimum Gasteiger partial charge on any atom is -0.338 e. The first-order valence-electron chi connectivity index (χ1n) is 8.81. The Morgan fingerprint density at radius 3 is 2.86 bits per heavy atom. The van der Waals surface area contributed by atoms with E-state index in [2.05, 4.69) is 15.3 Å². The van der Waals surface area contributed by atoms with Crippen LogP contribution in [-0.2, 0) is 9.59 Å². The smallest absolute Gasteiger partial charge is 0.232 e. The van der Waals surface area contributed by atoms with E-state index in [1.807, 2.05) is 11.4 Å². The summed E-state index contributed by atoms with van der Waals surface area (Å²) in [6, 6.07) is 8.48. The van der Waals surface area contributed by atoms with Crippen LogP contribution >= 0.6 is 34.5 Å². The van der Waals surface area contributed by atoms with Crippen molar-refractivity contribution >= 4 is 51.5 Å². The van der Waals surface area contributed by atoms with Crippen LogP contribution in [0.15, 0.2) is 48.1 Å². The number of halogens is 2. The number of hydrogen-bond donors (Lipinski definition) is 1. The molecule has 29 heavy (non-hydrogen) atoms. The van der Waals surface area contributed by atoms with Gasteiger partial charge in [-0.25, -0.2) is 4.98 Å². The monoisotopic (exact) mass is 446 g/mol. The van der Waals surface area contributed by atoms with Crippen LogP contribution in [0.4, 0.5) is 5.13 Å². The lowest BCUT2D eigenvalue weighted by molar-refractivity contribution is -0.127. The molecule has 1 N–H and O–H groups in total. The molecule has 2 unspecified atom stereocenters. The van der Waals surface area contributed by atoms with Gasteiger partial charge in [0.05, 0.1) is 22.7 Å². The van der Waals surface area contributed by atoms with E-state index in [0.717, 1.165) is 11.1 Å². The number of likely N-dealkylation sites (tertiary alicyclic amines) is 1. The summed E-state index contributed by atoms with van der Waals surface area (Å²) in [5, 5.41) is 6.13. The molecule has 4 rings (SSSR count). The van der Waals surface area contributed by atoms with Gasteiger partial charge < -0.3 is 10.2 Å². The van der Waals surface area contributed by atoms with Gasteiger partial charge in [0.1, 0.15) is 0 Å². The van der Waals surface area contributed by atoms with Crippen molar-refractivity contribution in [3.8, 4) is 11.3 Å². The van der Waals surface area contributed by atoms with E-state index in [1.165, 1.54) is 11.3 Å². The molecular formula is C20H16Cl2N4O2S. The quantitative estimate of drug-likeness (QED) is 0.631. The van der Waals surface area contributed by atoms with Crippen LogP contribution < -0.4 is 5.32 Å². The number of thiazole rings is 1. The van der Waals surface area contributed by atoms with Crippen molar-refractivity contribution in [2.45, 2.75) is 12.5 Å². The summed E-state index contributed by atoms with van der Waals surface area (Å²) in [5.41, 5.74) is 2.21. The minimum absolute atomic E-state index is 0.0771. The Kier molecular flexibility index (Phi) is 5.54. The van der Waals surface area contributed by atoms with E-state index in [1.54, 1.807) is 48.6 Å². The molecule has 2 atom stereocenters. The first-order valence-corrected chi connectivity index (χ1v) is 10.4. The van der Waals surface area contributed by atoms with E-state index >= 15 is 0 Å². The third kappa shape index (κ3) is 3.99. The maximum absolute atomic E-state index is 13.0. The lowest BCUT2D eigenvalue weighted by atomic mass is 9.94. The maximum atomic E-state index is 13.0. The largest absolute Gasteiger partial charge is 0.338 e. The summed E-state index contributed by atoms with van der Waals surface area (Å²) in [7, 11) is 1.71. The first kappa shape index (κ1) is 19.8. The fourth-order valence-electron chi connectivity index (χ4n) is 3.46. The van der Waals surface area contributed by atoms with Crippen molar-refractivity contribution in [3.05, 3.63) is 63.7 Å². The minimum atomic E-state index is -0.525. The fraction of sp³-hybridized carbons (Fsp3) is 0.200. The molecule has 0 aliphatic carbocycles. The molecule has 2 aromatic heterocycles. The Hall–Kier alpha value is -2.48. The van der Waals surface area contributed by atoms with Crippen LogP contribution in [0.5, 0.6) is 0 Å². The third-order valence-corrected chi connectivity index (χ3v) is 6.20. The van der Waals surface area contributed by atoms with Gasteiger partial charge in [0, 0.05) is 41.8 Å². The van der Waals surface area contributed by atoms with Crippen molar-refractivity contribution in [1.82, 2.24) is 14.9 Å².